The fourth-order valence-corrected chi connectivity index (χ4v) is 3.82. The summed E-state index contributed by atoms with van der Waals surface area (Å²) in [6.45, 7) is 0. The minimum atomic E-state index is -2.92. The van der Waals surface area contributed by atoms with Crippen molar-refractivity contribution in [3.05, 3.63) is 12.1 Å². The highest BCUT2D eigenvalue weighted by Gasteiger charge is 2.28. The van der Waals surface area contributed by atoms with Gasteiger partial charge in [0, 0.05) is 18.2 Å². The van der Waals surface area contributed by atoms with Crippen LogP contribution in [0.2, 0.25) is 0 Å². The molecule has 19 heavy (non-hydrogen) atoms. The Labute approximate surface area is 112 Å². The van der Waals surface area contributed by atoms with Gasteiger partial charge in [-0.2, -0.15) is 0 Å². The van der Waals surface area contributed by atoms with Crippen LogP contribution in [-0.2, 0) is 9.84 Å². The molecule has 1 saturated heterocycles. The molecule has 0 aromatic heterocycles. The Morgan fingerprint density at radius 2 is 1.89 bits per heavy atom. The highest BCUT2D eigenvalue weighted by Crippen LogP contribution is 2.35. The molecule has 7 heteroatoms. The number of ether oxygens (including phenoxy) is 2. The summed E-state index contributed by atoms with van der Waals surface area (Å²) >= 11 is 0. The first-order valence-electron chi connectivity index (χ1n) is 5.93. The zero-order valence-electron chi connectivity index (χ0n) is 11.0. The molecule has 0 saturated carbocycles. The number of hydrogen-bond donors (Lipinski definition) is 2. The van der Waals surface area contributed by atoms with Crippen LogP contribution in [0.5, 0.6) is 11.5 Å². The molecule has 0 amide bonds. The molecule has 0 aliphatic carbocycles. The van der Waals surface area contributed by atoms with E-state index in [1.165, 1.54) is 14.2 Å². The smallest absolute Gasteiger partial charge is 0.162 e. The molecule has 0 spiro atoms. The molecule has 0 bridgehead atoms. The molecule has 1 atom stereocenters. The third-order valence-electron chi connectivity index (χ3n) is 3.15. The van der Waals surface area contributed by atoms with Crippen molar-refractivity contribution in [2.45, 2.75) is 12.5 Å². The van der Waals surface area contributed by atoms with E-state index in [1.54, 1.807) is 12.1 Å². The molecule has 1 aromatic carbocycles. The lowest BCUT2D eigenvalue weighted by Crippen LogP contribution is -2.21. The highest BCUT2D eigenvalue weighted by atomic mass is 32.2. The van der Waals surface area contributed by atoms with Gasteiger partial charge in [0.1, 0.15) is 0 Å². The summed E-state index contributed by atoms with van der Waals surface area (Å²) in [5.74, 6) is 1.46. The van der Waals surface area contributed by atoms with Crippen LogP contribution in [0.1, 0.15) is 6.42 Å². The first kappa shape index (κ1) is 13.8. The monoisotopic (exact) mass is 286 g/mol. The molecular weight excluding hydrogens is 268 g/mol. The summed E-state index contributed by atoms with van der Waals surface area (Å²) < 4.78 is 33.2. The van der Waals surface area contributed by atoms with E-state index in [0.29, 0.717) is 29.3 Å². The molecular formula is C12H18N2O4S. The number of methoxy groups -OCH3 is 2. The SMILES string of the molecule is COc1cc(N)c(NC2CCS(=O)(=O)C2)cc1OC. The average molecular weight is 286 g/mol. The highest BCUT2D eigenvalue weighted by molar-refractivity contribution is 7.91. The van der Waals surface area contributed by atoms with Crippen LogP contribution in [0.3, 0.4) is 0 Å². The number of benzene rings is 1. The number of nitrogen functional groups attached to an aromatic ring is 1. The van der Waals surface area contributed by atoms with Gasteiger partial charge in [-0.1, -0.05) is 0 Å². The molecule has 106 valence electrons. The van der Waals surface area contributed by atoms with Crippen molar-refractivity contribution >= 4 is 21.2 Å². The molecule has 3 N–H and O–H groups in total. The minimum Gasteiger partial charge on any atom is -0.493 e. The van der Waals surface area contributed by atoms with Crippen molar-refractivity contribution in [2.24, 2.45) is 0 Å². The van der Waals surface area contributed by atoms with Gasteiger partial charge >= 0.3 is 0 Å². The molecule has 1 aliphatic heterocycles. The summed E-state index contributed by atoms with van der Waals surface area (Å²) in [5.41, 5.74) is 7.09. The van der Waals surface area contributed by atoms with Crippen LogP contribution in [0, 0.1) is 0 Å². The fraction of sp³-hybridized carbons (Fsp3) is 0.500. The summed E-state index contributed by atoms with van der Waals surface area (Å²) in [4.78, 5) is 0. The second-order valence-corrected chi connectivity index (χ2v) is 6.77. The maximum atomic E-state index is 11.4. The first-order valence-corrected chi connectivity index (χ1v) is 7.76. The van der Waals surface area contributed by atoms with Crippen molar-refractivity contribution in [3.63, 3.8) is 0 Å². The Kier molecular flexibility index (Phi) is 3.75. The van der Waals surface area contributed by atoms with Crippen molar-refractivity contribution in [3.8, 4) is 11.5 Å². The molecule has 1 aliphatic rings. The lowest BCUT2D eigenvalue weighted by atomic mass is 10.2. The fourth-order valence-electron chi connectivity index (χ4n) is 2.15. The van der Waals surface area contributed by atoms with Gasteiger partial charge in [-0.3, -0.25) is 0 Å². The largest absolute Gasteiger partial charge is 0.493 e. The minimum absolute atomic E-state index is 0.106. The lowest BCUT2D eigenvalue weighted by molar-refractivity contribution is 0.355. The van der Waals surface area contributed by atoms with Gasteiger partial charge in [-0.05, 0) is 6.42 Å². The van der Waals surface area contributed by atoms with Crippen molar-refractivity contribution < 1.29 is 17.9 Å². The van der Waals surface area contributed by atoms with Gasteiger partial charge in [-0.15, -0.1) is 0 Å². The summed E-state index contributed by atoms with van der Waals surface area (Å²) in [6, 6.07) is 3.27. The first-order chi connectivity index (χ1) is 8.95. The second-order valence-electron chi connectivity index (χ2n) is 4.54. The number of rotatable bonds is 4. The molecule has 2 rings (SSSR count). The van der Waals surface area contributed by atoms with E-state index in [1.807, 2.05) is 0 Å². The van der Waals surface area contributed by atoms with Crippen LogP contribution in [0.4, 0.5) is 11.4 Å². The number of anilines is 2. The van der Waals surface area contributed by atoms with Crippen LogP contribution in [-0.4, -0.2) is 40.2 Å². The van der Waals surface area contributed by atoms with E-state index >= 15 is 0 Å². The zero-order chi connectivity index (χ0) is 14.0. The molecule has 1 fully saturated rings. The van der Waals surface area contributed by atoms with Crippen LogP contribution in [0.15, 0.2) is 12.1 Å². The van der Waals surface area contributed by atoms with Crippen molar-refractivity contribution in [1.82, 2.24) is 0 Å². The number of nitrogens with two attached hydrogens (primary N) is 1. The number of hydrogen-bond acceptors (Lipinski definition) is 6. The van der Waals surface area contributed by atoms with Gasteiger partial charge in [-0.25, -0.2) is 8.42 Å². The quantitative estimate of drug-likeness (QED) is 0.799. The lowest BCUT2D eigenvalue weighted by Gasteiger charge is -2.17. The standard InChI is InChI=1S/C12H18N2O4S/c1-17-11-5-9(13)10(6-12(11)18-2)14-8-3-4-19(15,16)7-8/h5-6,8,14H,3-4,7,13H2,1-2H3. The molecule has 1 aromatic rings. The summed E-state index contributed by atoms with van der Waals surface area (Å²) in [7, 11) is 0.159. The Morgan fingerprint density at radius 1 is 1.26 bits per heavy atom. The van der Waals surface area contributed by atoms with E-state index in [2.05, 4.69) is 5.32 Å². The van der Waals surface area contributed by atoms with Crippen LogP contribution >= 0.6 is 0 Å². The molecule has 1 unspecified atom stereocenters. The van der Waals surface area contributed by atoms with Gasteiger partial charge < -0.3 is 20.5 Å². The molecule has 0 radical (unpaired) electrons. The Bertz CT molecular complexity index is 571. The van der Waals surface area contributed by atoms with E-state index < -0.39 is 9.84 Å². The topological polar surface area (TPSA) is 90.6 Å². The van der Waals surface area contributed by atoms with E-state index in [0.717, 1.165) is 0 Å². The summed E-state index contributed by atoms with van der Waals surface area (Å²) in [5, 5.41) is 3.15. The number of sulfone groups is 1. The van der Waals surface area contributed by atoms with Crippen LogP contribution in [0.25, 0.3) is 0 Å². The zero-order valence-corrected chi connectivity index (χ0v) is 11.8. The van der Waals surface area contributed by atoms with Gasteiger partial charge in [0.05, 0.1) is 37.1 Å². The summed E-state index contributed by atoms with van der Waals surface area (Å²) in [6.07, 6.45) is 0.593. The van der Waals surface area contributed by atoms with Gasteiger partial charge in [0.25, 0.3) is 0 Å². The predicted molar refractivity (Wildman–Crippen MR) is 74.6 cm³/mol. The average Bonchev–Trinajstić information content (AvgIpc) is 2.70. The molecule has 1 heterocycles. The van der Waals surface area contributed by atoms with E-state index in [-0.39, 0.29) is 17.5 Å². The number of nitrogens with one attached hydrogen (secondary N) is 1. The molecule has 6 nitrogen and oxygen atoms in total. The Balaban J connectivity index is 2.21. The van der Waals surface area contributed by atoms with Crippen LogP contribution < -0.4 is 20.5 Å². The maximum absolute atomic E-state index is 11.4. The normalized spacial score (nSPS) is 21.1. The van der Waals surface area contributed by atoms with Gasteiger partial charge in [0.2, 0.25) is 0 Å². The van der Waals surface area contributed by atoms with Crippen molar-refractivity contribution in [1.29, 1.82) is 0 Å². The third kappa shape index (κ3) is 3.04. The third-order valence-corrected chi connectivity index (χ3v) is 4.92. The van der Waals surface area contributed by atoms with Crippen molar-refractivity contribution in [2.75, 3.05) is 36.8 Å². The second kappa shape index (κ2) is 5.16. The predicted octanol–water partition coefficient (Wildman–Crippen LogP) is 0.885. The Morgan fingerprint density at radius 3 is 2.42 bits per heavy atom. The van der Waals surface area contributed by atoms with E-state index in [4.69, 9.17) is 15.2 Å². The van der Waals surface area contributed by atoms with Gasteiger partial charge in [0.15, 0.2) is 21.3 Å². The van der Waals surface area contributed by atoms with E-state index in [9.17, 15) is 8.42 Å². The Hall–Kier alpha value is -1.63. The maximum Gasteiger partial charge on any atom is 0.162 e.